The SMILES string of the molecule is Cc1nn(-c2cccc(S(N)(=O)=O)c2)c(=O)[c-]1N=Nc1ccccc1C(=O)O.Cc1nn(-c2cccc(S(N)(=O)=O)c2)c(=O)[c-]1N=Nc1ccccc1C(=O)O.[Cr].[Na+]. The van der Waals surface area contributed by atoms with Gasteiger partial charge in [-0.2, -0.15) is 10.2 Å². The molecule has 2 heterocycles. The summed E-state index contributed by atoms with van der Waals surface area (Å²) in [5, 5.41) is 52.2. The summed E-state index contributed by atoms with van der Waals surface area (Å²) in [7, 11) is -7.90. The molecule has 2 aromatic heterocycles. The number of hydrogen-bond acceptors (Lipinski definition) is 14. The maximum atomic E-state index is 12.6. The number of carboxylic acids is 2. The molecule has 6 rings (SSSR count). The summed E-state index contributed by atoms with van der Waals surface area (Å²) in [6.45, 7) is 3.05. The van der Waals surface area contributed by atoms with E-state index < -0.39 is 43.1 Å². The van der Waals surface area contributed by atoms with Crippen LogP contribution in [0.25, 0.3) is 11.4 Å². The van der Waals surface area contributed by atoms with Gasteiger partial charge < -0.3 is 30.0 Å². The first-order valence-electron chi connectivity index (χ1n) is 15.6. The monoisotopic (exact) mass is 875 g/mol. The standard InChI is InChI=1S/2C17H14N5O5S.Cr.Na/c2*1-10-15(20-19-14-8-3-2-7-13(14)17(24)25)16(23)22(21-10)11-5-4-6-12(9-11)28(18,26)27;;/h2*2-9H,1H3,(H,24,25)(H2,18,26,27);;/q2*-1;;+1. The number of nitrogens with two attached hydrogens (primary N) is 2. The minimum atomic E-state index is -3.95. The first-order valence-corrected chi connectivity index (χ1v) is 18.7. The number of sulfonamides is 2. The van der Waals surface area contributed by atoms with Crippen molar-refractivity contribution in [2.45, 2.75) is 23.6 Å². The number of aryl methyl sites for hydroxylation is 2. The van der Waals surface area contributed by atoms with E-state index in [1.54, 1.807) is 24.3 Å². The number of nitrogens with zero attached hydrogens (tertiary/aromatic N) is 8. The Labute approximate surface area is 361 Å². The molecule has 6 N–H and O–H groups in total. The molecule has 0 aliphatic heterocycles. The van der Waals surface area contributed by atoms with Crippen LogP contribution in [0.5, 0.6) is 0 Å². The van der Waals surface area contributed by atoms with Gasteiger partial charge >= 0.3 is 41.5 Å². The average molecular weight is 876 g/mol. The number of aromatic nitrogens is 4. The molecule has 58 heavy (non-hydrogen) atoms. The van der Waals surface area contributed by atoms with Gasteiger partial charge in [0.15, 0.2) is 0 Å². The van der Waals surface area contributed by atoms with Gasteiger partial charge in [-0.3, -0.25) is 0 Å². The molecule has 6 aromatic rings. The maximum absolute atomic E-state index is 12.6. The topological polar surface area (TPSA) is 314 Å². The van der Waals surface area contributed by atoms with Crippen LogP contribution >= 0.6 is 0 Å². The van der Waals surface area contributed by atoms with Crippen LogP contribution in [0.4, 0.5) is 22.7 Å². The number of carbonyl (C=O) groups is 2. The number of hydrogen-bond donors (Lipinski definition) is 4. The summed E-state index contributed by atoms with van der Waals surface area (Å²) in [4.78, 5) is 47.4. The fraction of sp³-hybridized carbons (Fsp3) is 0.0588. The van der Waals surface area contributed by atoms with Crippen LogP contribution in [-0.2, 0) is 37.4 Å². The third kappa shape index (κ3) is 10.9. The molecule has 20 nitrogen and oxygen atoms in total. The van der Waals surface area contributed by atoms with Crippen molar-refractivity contribution in [2.75, 3.05) is 0 Å². The van der Waals surface area contributed by atoms with Crippen molar-refractivity contribution in [1.29, 1.82) is 0 Å². The molecule has 0 unspecified atom stereocenters. The average Bonchev–Trinajstić information content (AvgIpc) is 3.61. The Balaban J connectivity index is 0.000000300. The van der Waals surface area contributed by atoms with Crippen molar-refractivity contribution in [2.24, 2.45) is 30.7 Å². The van der Waals surface area contributed by atoms with Gasteiger partial charge in [0.1, 0.15) is 11.1 Å². The van der Waals surface area contributed by atoms with Crippen molar-refractivity contribution in [1.82, 2.24) is 19.6 Å². The van der Waals surface area contributed by atoms with E-state index in [9.17, 15) is 46.2 Å². The summed E-state index contributed by atoms with van der Waals surface area (Å²) < 4.78 is 48.0. The summed E-state index contributed by atoms with van der Waals surface area (Å²) in [6.07, 6.45) is 0. The molecule has 0 aliphatic carbocycles. The molecule has 0 amide bonds. The van der Waals surface area contributed by atoms with Crippen LogP contribution in [0.3, 0.4) is 0 Å². The first-order chi connectivity index (χ1) is 26.4. The van der Waals surface area contributed by atoms with Gasteiger partial charge in [0.2, 0.25) is 20.0 Å². The molecule has 0 bridgehead atoms. The number of aromatic carboxylic acids is 2. The number of azo groups is 2. The fourth-order valence-corrected chi connectivity index (χ4v) is 5.96. The van der Waals surface area contributed by atoms with Gasteiger partial charge in [0.05, 0.1) is 43.7 Å². The van der Waals surface area contributed by atoms with Crippen molar-refractivity contribution in [3.05, 3.63) is 140 Å². The molecule has 0 saturated heterocycles. The second-order valence-corrected chi connectivity index (χ2v) is 14.6. The zero-order valence-corrected chi connectivity index (χ0v) is 35.3. The normalized spacial score (nSPS) is 11.4. The van der Waals surface area contributed by atoms with Crippen molar-refractivity contribution < 1.29 is 83.6 Å². The van der Waals surface area contributed by atoms with E-state index in [-0.39, 0.29) is 113 Å². The Morgan fingerprint density at radius 1 is 0.621 bits per heavy atom. The molecular weight excluding hydrogens is 848 g/mol. The quantitative estimate of drug-likeness (QED) is 0.0853. The molecule has 0 aliphatic rings. The van der Waals surface area contributed by atoms with Gasteiger partial charge in [0.25, 0.3) is 0 Å². The van der Waals surface area contributed by atoms with Crippen LogP contribution in [-0.4, -0.2) is 58.5 Å². The summed E-state index contributed by atoms with van der Waals surface area (Å²) in [5.41, 5.74) is -0.586. The van der Waals surface area contributed by atoms with Crippen LogP contribution in [0.15, 0.2) is 137 Å². The largest absolute Gasteiger partial charge is 1.00 e. The van der Waals surface area contributed by atoms with Crippen molar-refractivity contribution in [3.63, 3.8) is 0 Å². The minimum Gasteiger partial charge on any atom is -0.478 e. The number of benzene rings is 4. The molecule has 0 saturated carbocycles. The Hall–Kier alpha value is -5.61. The summed E-state index contributed by atoms with van der Waals surface area (Å²) >= 11 is 0. The van der Waals surface area contributed by atoms with Crippen LogP contribution in [0.1, 0.15) is 32.1 Å². The summed E-state index contributed by atoms with van der Waals surface area (Å²) in [6, 6.07) is 22.7. The predicted octanol–water partition coefficient (Wildman–Crippen LogP) is 1.04. The Morgan fingerprint density at radius 3 is 1.29 bits per heavy atom. The maximum Gasteiger partial charge on any atom is 1.00 e. The molecule has 24 heteroatoms. The van der Waals surface area contributed by atoms with E-state index in [0.717, 1.165) is 9.36 Å². The zero-order valence-electron chi connectivity index (χ0n) is 30.4. The Bertz CT molecular complexity index is 2730. The molecule has 294 valence electrons. The number of carboxylic acid groups (broad SMARTS) is 2. The zero-order chi connectivity index (χ0) is 40.9. The van der Waals surface area contributed by atoms with Crippen molar-refractivity contribution in [3.8, 4) is 11.4 Å². The van der Waals surface area contributed by atoms with Gasteiger partial charge in [-0.1, -0.05) is 61.6 Å². The Morgan fingerprint density at radius 2 is 0.966 bits per heavy atom. The number of primary sulfonamides is 2. The van der Waals surface area contributed by atoms with E-state index >= 15 is 0 Å². The van der Waals surface area contributed by atoms with Crippen LogP contribution in [0.2, 0.25) is 0 Å². The second kappa shape index (κ2) is 19.2. The fourth-order valence-electron chi connectivity index (χ4n) is 4.85. The molecule has 0 fully saturated rings. The van der Waals surface area contributed by atoms with Gasteiger partial charge in [-0.25, -0.2) is 56.3 Å². The Kier molecular flexibility index (Phi) is 15.5. The first kappa shape index (κ1) is 46.8. The third-order valence-corrected chi connectivity index (χ3v) is 9.36. The molecule has 0 spiro atoms. The van der Waals surface area contributed by atoms with Crippen LogP contribution < -0.4 is 51.0 Å². The van der Waals surface area contributed by atoms with Gasteiger partial charge in [-0.05, 0) is 60.7 Å². The predicted molar refractivity (Wildman–Crippen MR) is 198 cm³/mol. The van der Waals surface area contributed by atoms with E-state index in [4.69, 9.17) is 10.3 Å². The second-order valence-electron chi connectivity index (χ2n) is 11.4. The van der Waals surface area contributed by atoms with E-state index in [0.29, 0.717) is 0 Å². The van der Waals surface area contributed by atoms with E-state index in [1.807, 2.05) is 0 Å². The molecule has 0 atom stereocenters. The smallest absolute Gasteiger partial charge is 0.478 e. The third-order valence-electron chi connectivity index (χ3n) is 7.54. The van der Waals surface area contributed by atoms with Gasteiger partial charge in [0, 0.05) is 17.4 Å². The molecule has 0 radical (unpaired) electrons. The summed E-state index contributed by atoms with van der Waals surface area (Å²) in [5.74, 6) is -2.35. The van der Waals surface area contributed by atoms with Crippen molar-refractivity contribution >= 4 is 54.7 Å². The van der Waals surface area contributed by atoms with E-state index in [2.05, 4.69) is 30.7 Å². The van der Waals surface area contributed by atoms with E-state index in [1.165, 1.54) is 86.6 Å². The number of rotatable bonds is 10. The van der Waals surface area contributed by atoms with Gasteiger partial charge in [-0.15, -0.1) is 11.4 Å². The molecule has 4 aromatic carbocycles. The molecular formula is C34H28CrN10NaO10S2-. The minimum absolute atomic E-state index is 0. The van der Waals surface area contributed by atoms with Crippen LogP contribution in [0, 0.1) is 13.8 Å².